The van der Waals surface area contributed by atoms with Crippen LogP contribution in [-0.4, -0.2) is 23.9 Å². The SMILES string of the molecule is CCN(CCC(C)c1ccc(-c2ccc(Cl)cc2)cc1)C(C)=O. The van der Waals surface area contributed by atoms with Crippen molar-refractivity contribution in [2.45, 2.75) is 33.1 Å². The molecule has 122 valence electrons. The summed E-state index contributed by atoms with van der Waals surface area (Å²) in [6.45, 7) is 7.46. The molecule has 2 aromatic rings. The largest absolute Gasteiger partial charge is 0.343 e. The third-order valence-corrected chi connectivity index (χ3v) is 4.57. The number of nitrogens with zero attached hydrogens (tertiary/aromatic N) is 1. The van der Waals surface area contributed by atoms with Gasteiger partial charge in [-0.15, -0.1) is 0 Å². The summed E-state index contributed by atoms with van der Waals surface area (Å²) in [6.07, 6.45) is 0.980. The van der Waals surface area contributed by atoms with Gasteiger partial charge < -0.3 is 4.90 Å². The van der Waals surface area contributed by atoms with Crippen LogP contribution in [0.3, 0.4) is 0 Å². The summed E-state index contributed by atoms with van der Waals surface area (Å²) < 4.78 is 0. The average Bonchev–Trinajstić information content (AvgIpc) is 2.56. The number of halogens is 1. The maximum Gasteiger partial charge on any atom is 0.219 e. The van der Waals surface area contributed by atoms with Crippen LogP contribution in [0.25, 0.3) is 11.1 Å². The van der Waals surface area contributed by atoms with E-state index in [9.17, 15) is 4.79 Å². The zero-order chi connectivity index (χ0) is 16.8. The third kappa shape index (κ3) is 4.84. The fourth-order valence-corrected chi connectivity index (χ4v) is 2.83. The molecule has 0 aliphatic heterocycles. The minimum absolute atomic E-state index is 0.151. The highest BCUT2D eigenvalue weighted by Gasteiger charge is 2.10. The molecule has 0 bridgehead atoms. The topological polar surface area (TPSA) is 20.3 Å². The van der Waals surface area contributed by atoms with Gasteiger partial charge in [0.2, 0.25) is 5.91 Å². The van der Waals surface area contributed by atoms with Crippen LogP contribution in [0.1, 0.15) is 38.7 Å². The molecule has 0 saturated carbocycles. The monoisotopic (exact) mass is 329 g/mol. The van der Waals surface area contributed by atoms with Crippen LogP contribution in [0.15, 0.2) is 48.5 Å². The van der Waals surface area contributed by atoms with Crippen LogP contribution in [0.2, 0.25) is 5.02 Å². The molecule has 2 aromatic carbocycles. The van der Waals surface area contributed by atoms with Gasteiger partial charge in [-0.05, 0) is 48.1 Å². The van der Waals surface area contributed by atoms with E-state index < -0.39 is 0 Å². The van der Waals surface area contributed by atoms with Crippen molar-refractivity contribution in [3.63, 3.8) is 0 Å². The molecular formula is C20H24ClNO. The minimum Gasteiger partial charge on any atom is -0.343 e. The van der Waals surface area contributed by atoms with Gasteiger partial charge in [-0.1, -0.05) is 54.9 Å². The lowest BCUT2D eigenvalue weighted by Crippen LogP contribution is -2.30. The summed E-state index contributed by atoms with van der Waals surface area (Å²) in [7, 11) is 0. The Morgan fingerprint density at radius 2 is 1.57 bits per heavy atom. The summed E-state index contributed by atoms with van der Waals surface area (Å²) >= 11 is 5.93. The molecule has 0 fully saturated rings. The van der Waals surface area contributed by atoms with Crippen molar-refractivity contribution in [1.82, 2.24) is 4.90 Å². The van der Waals surface area contributed by atoms with Gasteiger partial charge in [-0.2, -0.15) is 0 Å². The zero-order valence-corrected chi connectivity index (χ0v) is 14.8. The molecule has 1 unspecified atom stereocenters. The lowest BCUT2D eigenvalue weighted by molar-refractivity contribution is -0.128. The van der Waals surface area contributed by atoms with Gasteiger partial charge in [0.1, 0.15) is 0 Å². The predicted octanol–water partition coefficient (Wildman–Crippen LogP) is 5.37. The Labute approximate surface area is 144 Å². The summed E-state index contributed by atoms with van der Waals surface area (Å²) in [6, 6.07) is 16.6. The highest BCUT2D eigenvalue weighted by Crippen LogP contribution is 2.25. The van der Waals surface area contributed by atoms with Crippen LogP contribution in [0.4, 0.5) is 0 Å². The maximum absolute atomic E-state index is 11.5. The van der Waals surface area contributed by atoms with Crippen molar-refractivity contribution in [3.05, 3.63) is 59.1 Å². The molecule has 23 heavy (non-hydrogen) atoms. The molecule has 3 heteroatoms. The highest BCUT2D eigenvalue weighted by atomic mass is 35.5. The molecule has 0 heterocycles. The second-order valence-corrected chi connectivity index (χ2v) is 6.35. The minimum atomic E-state index is 0.151. The Morgan fingerprint density at radius 1 is 1.04 bits per heavy atom. The predicted molar refractivity (Wildman–Crippen MR) is 97.8 cm³/mol. The van der Waals surface area contributed by atoms with E-state index in [2.05, 4.69) is 31.2 Å². The van der Waals surface area contributed by atoms with E-state index in [0.717, 1.165) is 24.5 Å². The van der Waals surface area contributed by atoms with Gasteiger partial charge in [-0.3, -0.25) is 4.79 Å². The molecule has 1 atom stereocenters. The van der Waals surface area contributed by atoms with Gasteiger partial charge in [0.05, 0.1) is 0 Å². The van der Waals surface area contributed by atoms with Crippen molar-refractivity contribution in [2.24, 2.45) is 0 Å². The van der Waals surface area contributed by atoms with E-state index in [0.29, 0.717) is 5.92 Å². The molecule has 0 aromatic heterocycles. The first kappa shape index (κ1) is 17.6. The Bertz CT molecular complexity index is 634. The normalized spacial score (nSPS) is 12.0. The van der Waals surface area contributed by atoms with E-state index in [1.165, 1.54) is 16.7 Å². The number of amides is 1. The highest BCUT2D eigenvalue weighted by molar-refractivity contribution is 6.30. The fourth-order valence-electron chi connectivity index (χ4n) is 2.70. The van der Waals surface area contributed by atoms with E-state index in [-0.39, 0.29) is 5.91 Å². The van der Waals surface area contributed by atoms with Gasteiger partial charge in [-0.25, -0.2) is 0 Å². The zero-order valence-electron chi connectivity index (χ0n) is 14.1. The first-order valence-electron chi connectivity index (χ1n) is 8.12. The van der Waals surface area contributed by atoms with Crippen LogP contribution >= 0.6 is 11.6 Å². The number of benzene rings is 2. The third-order valence-electron chi connectivity index (χ3n) is 4.32. The number of hydrogen-bond donors (Lipinski definition) is 0. The quantitative estimate of drug-likeness (QED) is 0.697. The van der Waals surface area contributed by atoms with E-state index in [1.807, 2.05) is 36.1 Å². The maximum atomic E-state index is 11.5. The molecule has 0 aliphatic carbocycles. The van der Waals surface area contributed by atoms with Gasteiger partial charge >= 0.3 is 0 Å². The summed E-state index contributed by atoms with van der Waals surface area (Å²) in [4.78, 5) is 13.4. The molecule has 0 saturated heterocycles. The molecule has 0 radical (unpaired) electrons. The van der Waals surface area contributed by atoms with Crippen molar-refractivity contribution in [3.8, 4) is 11.1 Å². The van der Waals surface area contributed by atoms with Crippen LogP contribution in [-0.2, 0) is 4.79 Å². The first-order valence-corrected chi connectivity index (χ1v) is 8.50. The smallest absolute Gasteiger partial charge is 0.219 e. The molecule has 0 aliphatic rings. The summed E-state index contributed by atoms with van der Waals surface area (Å²) in [5.74, 6) is 0.584. The Hall–Kier alpha value is -1.80. The average molecular weight is 330 g/mol. The van der Waals surface area contributed by atoms with Crippen LogP contribution in [0, 0.1) is 0 Å². The first-order chi connectivity index (χ1) is 11.0. The standard InChI is InChI=1S/C20H24ClNO/c1-4-22(16(3)23)14-13-15(2)17-5-7-18(8-6-17)19-9-11-20(21)12-10-19/h5-12,15H,4,13-14H2,1-3H3. The van der Waals surface area contributed by atoms with Crippen molar-refractivity contribution >= 4 is 17.5 Å². The number of carbonyl (C=O) groups excluding carboxylic acids is 1. The number of carbonyl (C=O) groups is 1. The lowest BCUT2D eigenvalue weighted by Gasteiger charge is -2.21. The lowest BCUT2D eigenvalue weighted by atomic mass is 9.95. The van der Waals surface area contributed by atoms with Gasteiger partial charge in [0, 0.05) is 25.0 Å². The van der Waals surface area contributed by atoms with Crippen molar-refractivity contribution in [1.29, 1.82) is 0 Å². The Morgan fingerprint density at radius 3 is 2.04 bits per heavy atom. The van der Waals surface area contributed by atoms with E-state index >= 15 is 0 Å². The second-order valence-electron chi connectivity index (χ2n) is 5.92. The van der Waals surface area contributed by atoms with Crippen molar-refractivity contribution < 1.29 is 4.79 Å². The molecular weight excluding hydrogens is 306 g/mol. The van der Waals surface area contributed by atoms with Crippen molar-refractivity contribution in [2.75, 3.05) is 13.1 Å². The van der Waals surface area contributed by atoms with Gasteiger partial charge in [0.25, 0.3) is 0 Å². The molecule has 0 N–H and O–H groups in total. The van der Waals surface area contributed by atoms with Crippen LogP contribution in [0.5, 0.6) is 0 Å². The van der Waals surface area contributed by atoms with E-state index in [4.69, 9.17) is 11.6 Å². The molecule has 2 nitrogen and oxygen atoms in total. The molecule has 2 rings (SSSR count). The Kier molecular flexibility index (Phi) is 6.23. The molecule has 0 spiro atoms. The summed E-state index contributed by atoms with van der Waals surface area (Å²) in [5.41, 5.74) is 3.67. The summed E-state index contributed by atoms with van der Waals surface area (Å²) in [5, 5.41) is 0.755. The van der Waals surface area contributed by atoms with Crippen LogP contribution < -0.4 is 0 Å². The Balaban J connectivity index is 2.01. The number of rotatable bonds is 6. The molecule has 1 amide bonds. The van der Waals surface area contributed by atoms with Gasteiger partial charge in [0.15, 0.2) is 0 Å². The van der Waals surface area contributed by atoms with E-state index in [1.54, 1.807) is 6.92 Å². The second kappa shape index (κ2) is 8.16. The number of hydrogen-bond acceptors (Lipinski definition) is 1. The fraction of sp³-hybridized carbons (Fsp3) is 0.350.